The molecule has 29 heavy (non-hydrogen) atoms. The number of benzene rings is 1. The van der Waals surface area contributed by atoms with Crippen molar-refractivity contribution in [1.82, 2.24) is 19.4 Å². The number of hydrogen-bond acceptors (Lipinski definition) is 6. The normalized spacial score (nSPS) is 16.6. The van der Waals surface area contributed by atoms with E-state index in [9.17, 15) is 13.2 Å². The highest BCUT2D eigenvalue weighted by Crippen LogP contribution is 2.27. The highest BCUT2D eigenvalue weighted by molar-refractivity contribution is 7.89. The Hall–Kier alpha value is -2.52. The smallest absolute Gasteiger partial charge is 0.253 e. The number of aryl methyl sites for hydroxylation is 2. The van der Waals surface area contributed by atoms with E-state index in [1.807, 2.05) is 0 Å². The quantitative estimate of drug-likeness (QED) is 0.729. The second-order valence-electron chi connectivity index (χ2n) is 7.81. The van der Waals surface area contributed by atoms with Crippen LogP contribution in [0.15, 0.2) is 35.2 Å². The van der Waals surface area contributed by atoms with E-state index in [-0.39, 0.29) is 16.8 Å². The van der Waals surface area contributed by atoms with Crippen LogP contribution in [-0.2, 0) is 22.9 Å². The summed E-state index contributed by atoms with van der Waals surface area (Å²) >= 11 is 0. The summed E-state index contributed by atoms with van der Waals surface area (Å²) in [5.74, 6) is 0.754. The Morgan fingerprint density at radius 3 is 2.41 bits per heavy atom. The van der Waals surface area contributed by atoms with E-state index in [1.165, 1.54) is 31.8 Å². The predicted octanol–water partition coefficient (Wildman–Crippen LogP) is 1.18. The first-order valence-corrected chi connectivity index (χ1v) is 11.1. The number of carbonyl (C=O) groups is 1. The fourth-order valence-electron chi connectivity index (χ4n) is 3.71. The van der Waals surface area contributed by atoms with Crippen LogP contribution in [0.4, 0.5) is 5.82 Å². The summed E-state index contributed by atoms with van der Waals surface area (Å²) in [4.78, 5) is 16.8. The Morgan fingerprint density at radius 2 is 1.76 bits per heavy atom. The van der Waals surface area contributed by atoms with E-state index in [0.717, 1.165) is 35.1 Å². The third kappa shape index (κ3) is 3.60. The van der Waals surface area contributed by atoms with Crippen LogP contribution in [0, 0.1) is 0 Å². The van der Waals surface area contributed by atoms with Crippen LogP contribution in [0.1, 0.15) is 28.0 Å². The number of rotatable bonds is 5. The minimum atomic E-state index is -3.50. The molecule has 1 aromatic carbocycles. The van der Waals surface area contributed by atoms with Gasteiger partial charge < -0.3 is 9.80 Å². The van der Waals surface area contributed by atoms with Gasteiger partial charge in [0.05, 0.1) is 16.6 Å². The zero-order valence-electron chi connectivity index (χ0n) is 16.9. The molecule has 2 aromatic rings. The van der Waals surface area contributed by atoms with Gasteiger partial charge in [0.2, 0.25) is 10.0 Å². The molecular weight excluding hydrogens is 390 g/mol. The van der Waals surface area contributed by atoms with Gasteiger partial charge in [-0.3, -0.25) is 4.79 Å². The average molecular weight is 416 g/mol. The minimum Gasteiger partial charge on any atom is -0.351 e. The third-order valence-corrected chi connectivity index (χ3v) is 7.57. The van der Waals surface area contributed by atoms with Crippen molar-refractivity contribution in [2.75, 3.05) is 39.1 Å². The molecular formula is C20H25N5O3S. The third-order valence-electron chi connectivity index (χ3n) is 5.74. The standard InChI is InChI=1S/C20H25N5O3S/c1-23(2)29(27,28)17-9-7-14(8-10-17)20(26)24(3)16-12-25(13-16)19-11-15-5-4-6-18(15)21-22-19/h7-11,16H,4-6,12-13H2,1-3H3. The summed E-state index contributed by atoms with van der Waals surface area (Å²) in [7, 11) is 1.24. The Bertz CT molecular complexity index is 1030. The highest BCUT2D eigenvalue weighted by atomic mass is 32.2. The molecule has 2 aliphatic rings. The predicted molar refractivity (Wildman–Crippen MR) is 109 cm³/mol. The number of hydrogen-bond donors (Lipinski definition) is 0. The lowest BCUT2D eigenvalue weighted by Gasteiger charge is -2.44. The van der Waals surface area contributed by atoms with E-state index >= 15 is 0 Å². The Balaban J connectivity index is 1.39. The van der Waals surface area contributed by atoms with E-state index in [2.05, 4.69) is 21.2 Å². The van der Waals surface area contributed by atoms with E-state index in [0.29, 0.717) is 18.7 Å². The second kappa shape index (κ2) is 7.38. The van der Waals surface area contributed by atoms with Gasteiger partial charge in [-0.1, -0.05) is 0 Å². The first kappa shape index (κ1) is 19.8. The maximum atomic E-state index is 12.8. The first-order chi connectivity index (χ1) is 13.8. The zero-order valence-corrected chi connectivity index (χ0v) is 17.7. The fourth-order valence-corrected chi connectivity index (χ4v) is 4.61. The van der Waals surface area contributed by atoms with Crippen LogP contribution in [-0.4, -0.2) is 74.0 Å². The SMILES string of the molecule is CN(C(=O)c1ccc(S(=O)(=O)N(C)C)cc1)C1CN(c2cc3c(nn2)CCC3)C1. The number of aromatic nitrogens is 2. The molecule has 0 spiro atoms. The van der Waals surface area contributed by atoms with Crippen molar-refractivity contribution in [1.29, 1.82) is 0 Å². The molecule has 1 aromatic heterocycles. The van der Waals surface area contributed by atoms with Crippen LogP contribution in [0.5, 0.6) is 0 Å². The zero-order chi connectivity index (χ0) is 20.8. The molecule has 1 fully saturated rings. The summed E-state index contributed by atoms with van der Waals surface area (Å²) in [6.45, 7) is 1.42. The van der Waals surface area contributed by atoms with Crippen LogP contribution in [0.25, 0.3) is 0 Å². The lowest BCUT2D eigenvalue weighted by atomic mass is 10.1. The van der Waals surface area contributed by atoms with E-state index in [4.69, 9.17) is 0 Å². The van der Waals surface area contributed by atoms with Crippen molar-refractivity contribution in [3.05, 3.63) is 47.2 Å². The lowest BCUT2D eigenvalue weighted by molar-refractivity contribution is 0.0705. The van der Waals surface area contributed by atoms with Gasteiger partial charge in [-0.25, -0.2) is 12.7 Å². The molecule has 1 amide bonds. The highest BCUT2D eigenvalue weighted by Gasteiger charge is 2.34. The number of likely N-dealkylation sites (N-methyl/N-ethyl adjacent to an activating group) is 1. The van der Waals surface area contributed by atoms with Gasteiger partial charge in [0.25, 0.3) is 5.91 Å². The number of carbonyl (C=O) groups excluding carboxylic acids is 1. The lowest BCUT2D eigenvalue weighted by Crippen LogP contribution is -2.60. The summed E-state index contributed by atoms with van der Waals surface area (Å²) in [6.07, 6.45) is 3.21. The van der Waals surface area contributed by atoms with Crippen LogP contribution >= 0.6 is 0 Å². The van der Waals surface area contributed by atoms with Crippen LogP contribution in [0.3, 0.4) is 0 Å². The number of nitrogens with zero attached hydrogens (tertiary/aromatic N) is 5. The van der Waals surface area contributed by atoms with Gasteiger partial charge in [-0.2, -0.15) is 5.10 Å². The van der Waals surface area contributed by atoms with Crippen molar-refractivity contribution in [2.45, 2.75) is 30.2 Å². The monoisotopic (exact) mass is 415 g/mol. The molecule has 0 N–H and O–H groups in total. The number of sulfonamides is 1. The van der Waals surface area contributed by atoms with Gasteiger partial charge in [0.1, 0.15) is 0 Å². The topological polar surface area (TPSA) is 86.7 Å². The number of fused-ring (bicyclic) bond motifs is 1. The summed E-state index contributed by atoms with van der Waals surface area (Å²) in [6, 6.07) is 8.29. The number of anilines is 1. The van der Waals surface area contributed by atoms with Gasteiger partial charge in [-0.05, 0) is 55.2 Å². The molecule has 9 heteroatoms. The molecule has 1 aliphatic carbocycles. The molecule has 8 nitrogen and oxygen atoms in total. The molecule has 154 valence electrons. The second-order valence-corrected chi connectivity index (χ2v) is 9.97. The van der Waals surface area contributed by atoms with Crippen molar-refractivity contribution in [3.63, 3.8) is 0 Å². The van der Waals surface area contributed by atoms with E-state index in [1.54, 1.807) is 24.1 Å². The Morgan fingerprint density at radius 1 is 1.07 bits per heavy atom. The summed E-state index contributed by atoms with van der Waals surface area (Å²) < 4.78 is 25.5. The van der Waals surface area contributed by atoms with Crippen molar-refractivity contribution in [2.24, 2.45) is 0 Å². The van der Waals surface area contributed by atoms with Crippen molar-refractivity contribution >= 4 is 21.7 Å². The maximum absolute atomic E-state index is 12.8. The summed E-state index contributed by atoms with van der Waals surface area (Å²) in [5.41, 5.74) is 2.87. The molecule has 1 aliphatic heterocycles. The molecule has 1 saturated heterocycles. The summed E-state index contributed by atoms with van der Waals surface area (Å²) in [5, 5.41) is 8.66. The minimum absolute atomic E-state index is 0.0859. The van der Waals surface area contributed by atoms with Gasteiger partial charge in [0, 0.05) is 39.8 Å². The van der Waals surface area contributed by atoms with Gasteiger partial charge >= 0.3 is 0 Å². The first-order valence-electron chi connectivity index (χ1n) is 9.67. The molecule has 0 radical (unpaired) electrons. The molecule has 0 saturated carbocycles. The van der Waals surface area contributed by atoms with Gasteiger partial charge in [-0.15, -0.1) is 5.10 Å². The van der Waals surface area contributed by atoms with Crippen molar-refractivity contribution < 1.29 is 13.2 Å². The van der Waals surface area contributed by atoms with E-state index < -0.39 is 10.0 Å². The van der Waals surface area contributed by atoms with Crippen LogP contribution < -0.4 is 4.90 Å². The molecule has 0 atom stereocenters. The Kier molecular flexibility index (Phi) is 5.04. The largest absolute Gasteiger partial charge is 0.351 e. The fraction of sp³-hybridized carbons (Fsp3) is 0.450. The van der Waals surface area contributed by atoms with Crippen molar-refractivity contribution in [3.8, 4) is 0 Å². The molecule has 2 heterocycles. The molecule has 4 rings (SSSR count). The van der Waals surface area contributed by atoms with Gasteiger partial charge in [0.15, 0.2) is 5.82 Å². The molecule has 0 unspecified atom stereocenters. The Labute approximate surface area is 171 Å². The maximum Gasteiger partial charge on any atom is 0.253 e. The van der Waals surface area contributed by atoms with Crippen LogP contribution in [0.2, 0.25) is 0 Å². The molecule has 0 bridgehead atoms. The average Bonchev–Trinajstić information content (AvgIpc) is 3.14. The number of amides is 1.